The summed E-state index contributed by atoms with van der Waals surface area (Å²) in [4.78, 5) is 22.3. The highest BCUT2D eigenvalue weighted by molar-refractivity contribution is 5.78. The topological polar surface area (TPSA) is 74.6 Å². The molecule has 0 heterocycles. The van der Waals surface area contributed by atoms with Crippen LogP contribution in [0.3, 0.4) is 0 Å². The Morgan fingerprint density at radius 1 is 0.692 bits per heavy atom. The minimum absolute atomic E-state index is 0.385. The first-order valence-electron chi connectivity index (χ1n) is 10.0. The molecule has 0 aromatic heterocycles. The summed E-state index contributed by atoms with van der Waals surface area (Å²) < 4.78 is 0. The SMILES string of the molecule is O=C(O)C1(CCCCc2ccc(CCCCC3(C(=O)O)CC3)cc2)CC1. The third kappa shape index (κ3) is 4.66. The van der Waals surface area contributed by atoms with Crippen molar-refractivity contribution in [3.8, 4) is 0 Å². The van der Waals surface area contributed by atoms with Crippen LogP contribution in [0.2, 0.25) is 0 Å². The van der Waals surface area contributed by atoms with Gasteiger partial charge in [-0.15, -0.1) is 0 Å². The predicted octanol–water partition coefficient (Wildman–Crippen LogP) is 4.84. The normalized spacial score (nSPS) is 19.1. The summed E-state index contributed by atoms with van der Waals surface area (Å²) in [5.41, 5.74) is 1.86. The smallest absolute Gasteiger partial charge is 0.309 e. The maximum atomic E-state index is 11.2. The van der Waals surface area contributed by atoms with Crippen LogP contribution in [0.5, 0.6) is 0 Å². The summed E-state index contributed by atoms with van der Waals surface area (Å²) in [5, 5.41) is 18.4. The Hall–Kier alpha value is -1.84. The molecule has 0 amide bonds. The number of carbonyl (C=O) groups is 2. The maximum Gasteiger partial charge on any atom is 0.309 e. The van der Waals surface area contributed by atoms with Crippen molar-refractivity contribution in [3.05, 3.63) is 35.4 Å². The van der Waals surface area contributed by atoms with Gasteiger partial charge in [0.2, 0.25) is 0 Å². The molecule has 0 spiro atoms. The van der Waals surface area contributed by atoms with Crippen molar-refractivity contribution < 1.29 is 19.8 Å². The number of benzene rings is 1. The van der Waals surface area contributed by atoms with Gasteiger partial charge in [0.25, 0.3) is 0 Å². The molecule has 1 aromatic rings. The Bertz CT molecular complexity index is 582. The molecule has 2 fully saturated rings. The minimum atomic E-state index is -0.613. The van der Waals surface area contributed by atoms with Crippen molar-refractivity contribution in [2.75, 3.05) is 0 Å². The molecule has 0 bridgehead atoms. The van der Waals surface area contributed by atoms with E-state index in [4.69, 9.17) is 0 Å². The Morgan fingerprint density at radius 3 is 1.31 bits per heavy atom. The molecule has 2 aliphatic rings. The lowest BCUT2D eigenvalue weighted by molar-refractivity contribution is -0.144. The molecule has 3 rings (SSSR count). The molecule has 4 heteroatoms. The van der Waals surface area contributed by atoms with Gasteiger partial charge in [0.15, 0.2) is 0 Å². The van der Waals surface area contributed by atoms with Gasteiger partial charge in [0.1, 0.15) is 0 Å². The molecule has 2 aliphatic carbocycles. The van der Waals surface area contributed by atoms with Crippen LogP contribution in [0, 0.1) is 10.8 Å². The molecule has 0 unspecified atom stereocenters. The second-order valence-corrected chi connectivity index (χ2v) is 8.40. The van der Waals surface area contributed by atoms with E-state index in [1.807, 2.05) is 0 Å². The molecular weight excluding hydrogens is 328 g/mol. The fourth-order valence-corrected chi connectivity index (χ4v) is 3.90. The summed E-state index contributed by atoms with van der Waals surface area (Å²) >= 11 is 0. The van der Waals surface area contributed by atoms with Gasteiger partial charge in [0.05, 0.1) is 10.8 Å². The zero-order valence-electron chi connectivity index (χ0n) is 15.5. The van der Waals surface area contributed by atoms with E-state index in [2.05, 4.69) is 24.3 Å². The monoisotopic (exact) mass is 358 g/mol. The van der Waals surface area contributed by atoms with Gasteiger partial charge in [-0.3, -0.25) is 9.59 Å². The fraction of sp³-hybridized carbons (Fsp3) is 0.636. The van der Waals surface area contributed by atoms with Gasteiger partial charge in [0, 0.05) is 0 Å². The second kappa shape index (κ2) is 7.81. The highest BCUT2D eigenvalue weighted by Crippen LogP contribution is 2.50. The Kier molecular flexibility index (Phi) is 5.69. The molecular formula is C22H30O4. The van der Waals surface area contributed by atoms with Gasteiger partial charge in [-0.1, -0.05) is 37.1 Å². The maximum absolute atomic E-state index is 11.2. The van der Waals surface area contributed by atoms with E-state index in [9.17, 15) is 19.8 Å². The van der Waals surface area contributed by atoms with E-state index >= 15 is 0 Å². The van der Waals surface area contributed by atoms with E-state index in [0.717, 1.165) is 77.0 Å². The molecule has 2 saturated carbocycles. The van der Waals surface area contributed by atoms with Crippen LogP contribution < -0.4 is 0 Å². The summed E-state index contributed by atoms with van der Waals surface area (Å²) in [6, 6.07) is 8.72. The van der Waals surface area contributed by atoms with Gasteiger partial charge >= 0.3 is 11.9 Å². The zero-order valence-corrected chi connectivity index (χ0v) is 15.5. The number of hydrogen-bond acceptors (Lipinski definition) is 2. The number of unbranched alkanes of at least 4 members (excludes halogenated alkanes) is 2. The average Bonchev–Trinajstić information content (AvgIpc) is 3.52. The highest BCUT2D eigenvalue weighted by atomic mass is 16.4. The van der Waals surface area contributed by atoms with Crippen LogP contribution in [0.15, 0.2) is 24.3 Å². The molecule has 0 saturated heterocycles. The van der Waals surface area contributed by atoms with Crippen molar-refractivity contribution in [1.29, 1.82) is 0 Å². The fourth-order valence-electron chi connectivity index (χ4n) is 3.90. The molecule has 2 N–H and O–H groups in total. The molecule has 0 radical (unpaired) electrons. The quantitative estimate of drug-likeness (QED) is 0.524. The lowest BCUT2D eigenvalue weighted by Crippen LogP contribution is -2.14. The Labute approximate surface area is 155 Å². The third-order valence-electron chi connectivity index (χ3n) is 6.38. The van der Waals surface area contributed by atoms with Crippen LogP contribution in [0.4, 0.5) is 0 Å². The van der Waals surface area contributed by atoms with Crippen molar-refractivity contribution in [2.45, 2.75) is 77.0 Å². The van der Waals surface area contributed by atoms with Crippen LogP contribution in [-0.4, -0.2) is 22.2 Å². The standard InChI is InChI=1S/C22H30O4/c23-19(24)21(13-14-21)11-3-1-5-17-7-9-18(10-8-17)6-2-4-12-22(15-16-22)20(25)26/h7-10H,1-6,11-16H2,(H,23,24)(H,25,26). The summed E-state index contributed by atoms with van der Waals surface area (Å²) in [6.45, 7) is 0. The van der Waals surface area contributed by atoms with Gasteiger partial charge in [-0.25, -0.2) is 0 Å². The molecule has 26 heavy (non-hydrogen) atoms. The van der Waals surface area contributed by atoms with Crippen LogP contribution in [0.25, 0.3) is 0 Å². The van der Waals surface area contributed by atoms with E-state index < -0.39 is 11.9 Å². The van der Waals surface area contributed by atoms with Gasteiger partial charge in [-0.05, 0) is 75.3 Å². The van der Waals surface area contributed by atoms with Crippen molar-refractivity contribution >= 4 is 11.9 Å². The molecule has 1 aromatic carbocycles. The highest BCUT2D eigenvalue weighted by Gasteiger charge is 2.49. The predicted molar refractivity (Wildman–Crippen MR) is 100 cm³/mol. The van der Waals surface area contributed by atoms with E-state index in [1.165, 1.54) is 11.1 Å². The zero-order chi connectivity index (χ0) is 18.6. The van der Waals surface area contributed by atoms with E-state index in [-0.39, 0.29) is 10.8 Å². The van der Waals surface area contributed by atoms with Crippen LogP contribution in [-0.2, 0) is 22.4 Å². The van der Waals surface area contributed by atoms with Crippen LogP contribution in [0.1, 0.15) is 75.3 Å². The minimum Gasteiger partial charge on any atom is -0.481 e. The number of carboxylic acids is 2. The van der Waals surface area contributed by atoms with Crippen molar-refractivity contribution in [2.24, 2.45) is 10.8 Å². The first-order chi connectivity index (χ1) is 12.5. The second-order valence-electron chi connectivity index (χ2n) is 8.40. The van der Waals surface area contributed by atoms with Crippen LogP contribution >= 0.6 is 0 Å². The number of rotatable bonds is 12. The van der Waals surface area contributed by atoms with E-state index in [1.54, 1.807) is 0 Å². The van der Waals surface area contributed by atoms with Crippen molar-refractivity contribution in [3.63, 3.8) is 0 Å². The number of aliphatic carboxylic acids is 2. The summed E-state index contributed by atoms with van der Waals surface area (Å²) in [6.07, 6.45) is 11.1. The Morgan fingerprint density at radius 2 is 1.04 bits per heavy atom. The summed E-state index contributed by atoms with van der Waals surface area (Å²) in [5.74, 6) is -1.23. The van der Waals surface area contributed by atoms with Crippen molar-refractivity contribution in [1.82, 2.24) is 0 Å². The third-order valence-corrected chi connectivity index (χ3v) is 6.38. The van der Waals surface area contributed by atoms with Gasteiger partial charge in [-0.2, -0.15) is 0 Å². The average molecular weight is 358 g/mol. The first-order valence-corrected chi connectivity index (χ1v) is 10.0. The first kappa shape index (κ1) is 18.9. The Balaban J connectivity index is 1.31. The molecule has 4 nitrogen and oxygen atoms in total. The van der Waals surface area contributed by atoms with Gasteiger partial charge < -0.3 is 10.2 Å². The number of carboxylic acid groups (broad SMARTS) is 2. The van der Waals surface area contributed by atoms with E-state index in [0.29, 0.717) is 0 Å². The molecule has 0 aliphatic heterocycles. The molecule has 142 valence electrons. The number of hydrogen-bond donors (Lipinski definition) is 2. The summed E-state index contributed by atoms with van der Waals surface area (Å²) in [7, 11) is 0. The number of aryl methyl sites for hydroxylation is 2. The molecule has 0 atom stereocenters. The largest absolute Gasteiger partial charge is 0.481 e. The lowest BCUT2D eigenvalue weighted by atomic mass is 9.96. The lowest BCUT2D eigenvalue weighted by Gasteiger charge is -2.10.